The summed E-state index contributed by atoms with van der Waals surface area (Å²) >= 11 is 1.44. The molecule has 0 spiro atoms. The van der Waals surface area contributed by atoms with Crippen molar-refractivity contribution < 1.29 is 9.59 Å². The van der Waals surface area contributed by atoms with Crippen molar-refractivity contribution in [1.82, 2.24) is 14.9 Å². The Hall–Kier alpha value is -2.15. The predicted molar refractivity (Wildman–Crippen MR) is 98.1 cm³/mol. The van der Waals surface area contributed by atoms with Gasteiger partial charge in [-0.2, -0.15) is 0 Å². The maximum atomic E-state index is 12.8. The van der Waals surface area contributed by atoms with Crippen LogP contribution in [0, 0.1) is 12.8 Å². The standard InChI is InChI=1S/C18H22N4O2S/c1-11(18(24)22-9-5-6-13(10-22)16(19)23)25-17-14-7-3-4-8-15(14)20-12(2)21-17/h3-4,7-8,11,13H,5-6,9-10H2,1-2H3,(H2,19,23). The maximum Gasteiger partial charge on any atom is 0.235 e. The molecular weight excluding hydrogens is 336 g/mol. The van der Waals surface area contributed by atoms with E-state index < -0.39 is 0 Å². The molecule has 3 rings (SSSR count). The van der Waals surface area contributed by atoms with E-state index in [1.165, 1.54) is 11.8 Å². The van der Waals surface area contributed by atoms with Gasteiger partial charge in [0.05, 0.1) is 16.7 Å². The minimum Gasteiger partial charge on any atom is -0.369 e. The molecule has 1 aromatic heterocycles. The first-order chi connectivity index (χ1) is 12.0. The summed E-state index contributed by atoms with van der Waals surface area (Å²) in [6, 6.07) is 7.80. The van der Waals surface area contributed by atoms with Crippen LogP contribution in [0.4, 0.5) is 0 Å². The van der Waals surface area contributed by atoms with Gasteiger partial charge in [0.15, 0.2) is 0 Å². The number of carbonyl (C=O) groups excluding carboxylic acids is 2. The Morgan fingerprint density at radius 3 is 2.84 bits per heavy atom. The van der Waals surface area contributed by atoms with Crippen molar-refractivity contribution in [3.63, 3.8) is 0 Å². The first kappa shape index (κ1) is 17.7. The van der Waals surface area contributed by atoms with E-state index in [-0.39, 0.29) is 23.0 Å². The van der Waals surface area contributed by atoms with Gasteiger partial charge < -0.3 is 10.6 Å². The number of fused-ring (bicyclic) bond motifs is 1. The number of primary amides is 1. The number of hydrogen-bond acceptors (Lipinski definition) is 5. The van der Waals surface area contributed by atoms with Gasteiger partial charge in [-0.15, -0.1) is 0 Å². The number of hydrogen-bond donors (Lipinski definition) is 1. The number of likely N-dealkylation sites (tertiary alicyclic amines) is 1. The number of carbonyl (C=O) groups is 2. The third-order valence-corrected chi connectivity index (χ3v) is 5.54. The van der Waals surface area contributed by atoms with Crippen LogP contribution in [0.3, 0.4) is 0 Å². The second-order valence-electron chi connectivity index (χ2n) is 6.38. The average molecular weight is 358 g/mol. The van der Waals surface area contributed by atoms with Gasteiger partial charge in [-0.05, 0) is 32.8 Å². The molecule has 132 valence electrons. The Morgan fingerprint density at radius 2 is 2.08 bits per heavy atom. The number of nitrogens with zero attached hydrogens (tertiary/aromatic N) is 3. The summed E-state index contributed by atoms with van der Waals surface area (Å²) in [4.78, 5) is 34.9. The van der Waals surface area contributed by atoms with Crippen LogP contribution in [0.25, 0.3) is 10.9 Å². The molecule has 1 aromatic carbocycles. The Kier molecular flexibility index (Phi) is 5.22. The van der Waals surface area contributed by atoms with Crippen molar-refractivity contribution in [2.24, 2.45) is 11.7 Å². The minimum absolute atomic E-state index is 0.0243. The highest BCUT2D eigenvalue weighted by Gasteiger charge is 2.30. The molecule has 6 nitrogen and oxygen atoms in total. The molecule has 1 aliphatic heterocycles. The van der Waals surface area contributed by atoms with E-state index in [1.54, 1.807) is 4.90 Å². The monoisotopic (exact) mass is 358 g/mol. The summed E-state index contributed by atoms with van der Waals surface area (Å²) < 4.78 is 0. The van der Waals surface area contributed by atoms with Crippen LogP contribution in [0.2, 0.25) is 0 Å². The zero-order chi connectivity index (χ0) is 18.0. The topological polar surface area (TPSA) is 89.2 Å². The first-order valence-corrected chi connectivity index (χ1v) is 9.32. The van der Waals surface area contributed by atoms with Gasteiger partial charge in [0, 0.05) is 18.5 Å². The van der Waals surface area contributed by atoms with Gasteiger partial charge in [0.2, 0.25) is 11.8 Å². The van der Waals surface area contributed by atoms with E-state index in [4.69, 9.17) is 5.73 Å². The smallest absolute Gasteiger partial charge is 0.235 e. The van der Waals surface area contributed by atoms with E-state index in [1.807, 2.05) is 38.1 Å². The molecule has 25 heavy (non-hydrogen) atoms. The van der Waals surface area contributed by atoms with Crippen molar-refractivity contribution in [3.8, 4) is 0 Å². The molecule has 7 heteroatoms. The van der Waals surface area contributed by atoms with Crippen molar-refractivity contribution >= 4 is 34.5 Å². The lowest BCUT2D eigenvalue weighted by atomic mass is 9.97. The lowest BCUT2D eigenvalue weighted by molar-refractivity contribution is -0.134. The van der Waals surface area contributed by atoms with E-state index >= 15 is 0 Å². The molecular formula is C18H22N4O2S. The largest absolute Gasteiger partial charge is 0.369 e. The number of nitrogens with two attached hydrogens (primary N) is 1. The number of para-hydroxylation sites is 1. The molecule has 2 amide bonds. The summed E-state index contributed by atoms with van der Waals surface area (Å²) in [6.45, 7) is 4.83. The van der Waals surface area contributed by atoms with Crippen LogP contribution in [-0.2, 0) is 9.59 Å². The van der Waals surface area contributed by atoms with E-state index in [0.29, 0.717) is 18.9 Å². The number of rotatable bonds is 4. The van der Waals surface area contributed by atoms with Crippen molar-refractivity contribution in [2.75, 3.05) is 13.1 Å². The van der Waals surface area contributed by atoms with E-state index in [0.717, 1.165) is 28.8 Å². The fourth-order valence-corrected chi connectivity index (χ4v) is 4.20. The van der Waals surface area contributed by atoms with Gasteiger partial charge >= 0.3 is 0 Å². The van der Waals surface area contributed by atoms with Gasteiger partial charge in [-0.25, -0.2) is 9.97 Å². The third kappa shape index (κ3) is 3.92. The lowest BCUT2D eigenvalue weighted by Gasteiger charge is -2.32. The van der Waals surface area contributed by atoms with Crippen molar-refractivity contribution in [2.45, 2.75) is 37.0 Å². The van der Waals surface area contributed by atoms with Gasteiger partial charge in [0.1, 0.15) is 10.9 Å². The molecule has 1 aliphatic rings. The molecule has 2 N–H and O–H groups in total. The lowest BCUT2D eigenvalue weighted by Crippen LogP contribution is -2.46. The number of amides is 2. The van der Waals surface area contributed by atoms with Crippen molar-refractivity contribution in [1.29, 1.82) is 0 Å². The molecule has 2 aromatic rings. The van der Waals surface area contributed by atoms with Crippen LogP contribution < -0.4 is 5.73 Å². The summed E-state index contributed by atoms with van der Waals surface area (Å²) in [5.41, 5.74) is 6.29. The second-order valence-corrected chi connectivity index (χ2v) is 7.71. The molecule has 2 unspecified atom stereocenters. The van der Waals surface area contributed by atoms with E-state index in [9.17, 15) is 9.59 Å². The number of aryl methyl sites for hydroxylation is 1. The highest BCUT2D eigenvalue weighted by atomic mass is 32.2. The highest BCUT2D eigenvalue weighted by molar-refractivity contribution is 8.00. The van der Waals surface area contributed by atoms with Crippen LogP contribution in [-0.4, -0.2) is 45.0 Å². The third-order valence-electron chi connectivity index (χ3n) is 4.45. The Morgan fingerprint density at radius 1 is 1.32 bits per heavy atom. The molecule has 2 atom stereocenters. The van der Waals surface area contributed by atoms with Crippen LogP contribution in [0.5, 0.6) is 0 Å². The van der Waals surface area contributed by atoms with E-state index in [2.05, 4.69) is 9.97 Å². The molecule has 0 bridgehead atoms. The number of aromatic nitrogens is 2. The zero-order valence-corrected chi connectivity index (χ0v) is 15.3. The molecule has 1 fully saturated rings. The maximum absolute atomic E-state index is 12.8. The predicted octanol–water partition coefficient (Wildman–Crippen LogP) is 2.14. The molecule has 0 saturated carbocycles. The minimum atomic E-state index is -0.324. The normalized spacial score (nSPS) is 19.0. The molecule has 0 radical (unpaired) electrons. The summed E-state index contributed by atoms with van der Waals surface area (Å²) in [6.07, 6.45) is 1.57. The fourth-order valence-electron chi connectivity index (χ4n) is 3.13. The number of piperidine rings is 1. The van der Waals surface area contributed by atoms with Crippen molar-refractivity contribution in [3.05, 3.63) is 30.1 Å². The Balaban J connectivity index is 1.77. The average Bonchev–Trinajstić information content (AvgIpc) is 2.61. The Labute approximate surface area is 151 Å². The molecule has 2 heterocycles. The molecule has 1 saturated heterocycles. The quantitative estimate of drug-likeness (QED) is 0.668. The number of benzene rings is 1. The number of thioether (sulfide) groups is 1. The zero-order valence-electron chi connectivity index (χ0n) is 14.4. The van der Waals surface area contributed by atoms with Gasteiger partial charge in [-0.3, -0.25) is 9.59 Å². The van der Waals surface area contributed by atoms with Crippen LogP contribution in [0.15, 0.2) is 29.3 Å². The van der Waals surface area contributed by atoms with Crippen LogP contribution >= 0.6 is 11.8 Å². The Bertz CT molecular complexity index is 811. The molecule has 0 aliphatic carbocycles. The van der Waals surface area contributed by atoms with Crippen LogP contribution in [0.1, 0.15) is 25.6 Å². The second kappa shape index (κ2) is 7.39. The SMILES string of the molecule is Cc1nc(SC(C)C(=O)N2CCCC(C(N)=O)C2)c2ccccc2n1. The first-order valence-electron chi connectivity index (χ1n) is 8.44. The fraction of sp³-hybridized carbons (Fsp3) is 0.444. The summed E-state index contributed by atoms with van der Waals surface area (Å²) in [7, 11) is 0. The highest BCUT2D eigenvalue weighted by Crippen LogP contribution is 2.30. The summed E-state index contributed by atoms with van der Waals surface area (Å²) in [5.74, 6) is 0.149. The summed E-state index contributed by atoms with van der Waals surface area (Å²) in [5, 5.41) is 1.48. The van der Waals surface area contributed by atoms with Gasteiger partial charge in [-0.1, -0.05) is 30.0 Å². The van der Waals surface area contributed by atoms with Gasteiger partial charge in [0.25, 0.3) is 0 Å².